The molecule has 2 aromatic rings. The van der Waals surface area contributed by atoms with Crippen LogP contribution in [0, 0.1) is 5.92 Å². The van der Waals surface area contributed by atoms with E-state index in [-0.39, 0.29) is 16.7 Å². The van der Waals surface area contributed by atoms with Crippen LogP contribution in [-0.4, -0.2) is 5.91 Å². The minimum absolute atomic E-state index is 0.0564. The van der Waals surface area contributed by atoms with E-state index in [2.05, 4.69) is 65.8 Å². The van der Waals surface area contributed by atoms with Crippen LogP contribution < -0.4 is 5.73 Å². The average molecular weight is 406 g/mol. The molecule has 1 saturated carbocycles. The van der Waals surface area contributed by atoms with Gasteiger partial charge in [0.1, 0.15) is 0 Å². The van der Waals surface area contributed by atoms with Crippen LogP contribution in [0.2, 0.25) is 0 Å². The van der Waals surface area contributed by atoms with Crippen LogP contribution in [-0.2, 0) is 17.3 Å². The molecule has 0 radical (unpaired) electrons. The van der Waals surface area contributed by atoms with Gasteiger partial charge in [0.25, 0.3) is 0 Å². The number of hydrogen-bond acceptors (Lipinski definition) is 1. The third-order valence-corrected chi connectivity index (χ3v) is 6.60. The average Bonchev–Trinajstić information content (AvgIpc) is 2.67. The Labute approximate surface area is 183 Å². The summed E-state index contributed by atoms with van der Waals surface area (Å²) in [5.41, 5.74) is 12.8. The number of benzene rings is 2. The maximum Gasteiger partial charge on any atom is 0.248 e. The van der Waals surface area contributed by atoms with Gasteiger partial charge >= 0.3 is 0 Å². The van der Waals surface area contributed by atoms with Crippen LogP contribution in [0.15, 0.2) is 36.4 Å². The number of hydrogen-bond donors (Lipinski definition) is 1. The van der Waals surface area contributed by atoms with Crippen LogP contribution >= 0.6 is 0 Å². The highest BCUT2D eigenvalue weighted by Gasteiger charge is 2.23. The van der Waals surface area contributed by atoms with Crippen LogP contribution in [0.3, 0.4) is 0 Å². The molecular weight excluding hydrogens is 366 g/mol. The first-order chi connectivity index (χ1) is 13.9. The van der Waals surface area contributed by atoms with E-state index in [0.717, 1.165) is 12.3 Å². The Kier molecular flexibility index (Phi) is 6.45. The monoisotopic (exact) mass is 405 g/mol. The fourth-order valence-corrected chi connectivity index (χ4v) is 4.53. The lowest BCUT2D eigenvalue weighted by Crippen LogP contribution is -2.17. The second kappa shape index (κ2) is 8.57. The molecule has 1 aliphatic rings. The molecule has 0 aliphatic heterocycles. The SMILES string of the molecule is CC(C)(C)c1cc(-c2cc(C(N)=O)ccc2CC2CCCCC2)cc(C(C)(C)C)c1. The van der Waals surface area contributed by atoms with Crippen LogP contribution in [0.5, 0.6) is 0 Å². The number of carbonyl (C=O) groups is 1. The molecule has 3 rings (SSSR count). The highest BCUT2D eigenvalue weighted by Crippen LogP contribution is 2.37. The van der Waals surface area contributed by atoms with Gasteiger partial charge in [-0.1, -0.05) is 97.9 Å². The Morgan fingerprint density at radius 2 is 1.43 bits per heavy atom. The van der Waals surface area contributed by atoms with Crippen LogP contribution in [0.1, 0.15) is 101 Å². The molecular formula is C28H39NO. The van der Waals surface area contributed by atoms with Crippen LogP contribution in [0.4, 0.5) is 0 Å². The predicted molar refractivity (Wildman–Crippen MR) is 128 cm³/mol. The van der Waals surface area contributed by atoms with E-state index in [1.54, 1.807) is 0 Å². The molecule has 0 saturated heterocycles. The van der Waals surface area contributed by atoms with E-state index >= 15 is 0 Å². The fourth-order valence-electron chi connectivity index (χ4n) is 4.53. The van der Waals surface area contributed by atoms with Crippen molar-refractivity contribution in [3.05, 3.63) is 58.7 Å². The molecule has 1 aliphatic carbocycles. The number of nitrogens with two attached hydrogens (primary N) is 1. The predicted octanol–water partition coefficient (Wildman–Crippen LogP) is 7.17. The van der Waals surface area contributed by atoms with Crippen molar-refractivity contribution in [1.29, 1.82) is 0 Å². The van der Waals surface area contributed by atoms with E-state index in [0.29, 0.717) is 5.56 Å². The van der Waals surface area contributed by atoms with Gasteiger partial charge in [0.2, 0.25) is 5.91 Å². The highest BCUT2D eigenvalue weighted by atomic mass is 16.1. The van der Waals surface area contributed by atoms with Gasteiger partial charge in [0, 0.05) is 5.56 Å². The van der Waals surface area contributed by atoms with Crippen molar-refractivity contribution in [3.8, 4) is 11.1 Å². The molecule has 0 bridgehead atoms. The summed E-state index contributed by atoms with van der Waals surface area (Å²) in [5.74, 6) is 0.383. The molecule has 0 atom stereocenters. The van der Waals surface area contributed by atoms with Crippen molar-refractivity contribution >= 4 is 5.91 Å². The largest absolute Gasteiger partial charge is 0.366 e. The molecule has 2 heteroatoms. The summed E-state index contributed by atoms with van der Waals surface area (Å²) in [6, 6.07) is 13.1. The zero-order valence-corrected chi connectivity index (χ0v) is 19.8. The summed E-state index contributed by atoms with van der Waals surface area (Å²) in [6.45, 7) is 13.6. The summed E-state index contributed by atoms with van der Waals surface area (Å²) in [4.78, 5) is 12.0. The molecule has 1 fully saturated rings. The Morgan fingerprint density at radius 3 is 1.93 bits per heavy atom. The smallest absolute Gasteiger partial charge is 0.248 e. The van der Waals surface area contributed by atoms with E-state index in [9.17, 15) is 4.79 Å². The molecule has 2 nitrogen and oxygen atoms in total. The van der Waals surface area contributed by atoms with Gasteiger partial charge in [0.15, 0.2) is 0 Å². The third-order valence-electron chi connectivity index (χ3n) is 6.60. The van der Waals surface area contributed by atoms with Crippen molar-refractivity contribution in [1.82, 2.24) is 0 Å². The number of carbonyl (C=O) groups excluding carboxylic acids is 1. The van der Waals surface area contributed by atoms with Gasteiger partial charge in [-0.2, -0.15) is 0 Å². The Morgan fingerprint density at radius 1 is 0.867 bits per heavy atom. The van der Waals surface area contributed by atoms with E-state index < -0.39 is 0 Å². The van der Waals surface area contributed by atoms with Gasteiger partial charge in [-0.3, -0.25) is 4.79 Å². The van der Waals surface area contributed by atoms with Crippen molar-refractivity contribution in [2.45, 2.75) is 90.9 Å². The standard InChI is InChI=1S/C28H39NO/c1-27(2,3)23-15-22(16-24(18-23)28(4,5)6)25-17-21(26(29)30)13-12-20(25)14-19-10-8-7-9-11-19/h12-13,15-19H,7-11,14H2,1-6H3,(H2,29,30). The maximum atomic E-state index is 12.0. The quantitative estimate of drug-likeness (QED) is 0.575. The maximum absolute atomic E-state index is 12.0. The molecule has 0 heterocycles. The molecule has 162 valence electrons. The van der Waals surface area contributed by atoms with Crippen molar-refractivity contribution < 1.29 is 4.79 Å². The van der Waals surface area contributed by atoms with Gasteiger partial charge in [0.05, 0.1) is 0 Å². The normalized spacial score (nSPS) is 15.9. The second-order valence-electron chi connectivity index (χ2n) is 11.2. The van der Waals surface area contributed by atoms with E-state index in [4.69, 9.17) is 5.73 Å². The first-order valence-corrected chi connectivity index (χ1v) is 11.5. The number of amides is 1. The highest BCUT2D eigenvalue weighted by molar-refractivity contribution is 5.94. The lowest BCUT2D eigenvalue weighted by Gasteiger charge is -2.27. The van der Waals surface area contributed by atoms with E-state index in [1.165, 1.54) is 59.9 Å². The molecule has 0 unspecified atom stereocenters. The Balaban J connectivity index is 2.16. The third kappa shape index (κ3) is 5.33. The summed E-state index contributed by atoms with van der Waals surface area (Å²) >= 11 is 0. The molecule has 1 amide bonds. The number of rotatable bonds is 4. The van der Waals surface area contributed by atoms with Gasteiger partial charge < -0.3 is 5.73 Å². The minimum atomic E-state index is -0.358. The van der Waals surface area contributed by atoms with Crippen molar-refractivity contribution in [3.63, 3.8) is 0 Å². The van der Waals surface area contributed by atoms with Crippen molar-refractivity contribution in [2.24, 2.45) is 11.7 Å². The Hall–Kier alpha value is -2.09. The summed E-state index contributed by atoms with van der Waals surface area (Å²) in [5, 5.41) is 0. The number of primary amides is 1. The van der Waals surface area contributed by atoms with Gasteiger partial charge in [-0.15, -0.1) is 0 Å². The lowest BCUT2D eigenvalue weighted by atomic mass is 9.77. The first-order valence-electron chi connectivity index (χ1n) is 11.5. The van der Waals surface area contributed by atoms with Gasteiger partial charge in [-0.25, -0.2) is 0 Å². The first kappa shape index (κ1) is 22.6. The lowest BCUT2D eigenvalue weighted by molar-refractivity contribution is 0.100. The van der Waals surface area contributed by atoms with Crippen molar-refractivity contribution in [2.75, 3.05) is 0 Å². The minimum Gasteiger partial charge on any atom is -0.366 e. The van der Waals surface area contributed by atoms with Gasteiger partial charge in [-0.05, 0) is 63.1 Å². The summed E-state index contributed by atoms with van der Waals surface area (Å²) < 4.78 is 0. The topological polar surface area (TPSA) is 43.1 Å². The molecule has 2 aromatic carbocycles. The zero-order chi connectivity index (χ0) is 22.1. The second-order valence-corrected chi connectivity index (χ2v) is 11.2. The molecule has 0 aromatic heterocycles. The zero-order valence-electron chi connectivity index (χ0n) is 19.8. The Bertz CT molecular complexity index is 873. The summed E-state index contributed by atoms with van der Waals surface area (Å²) in [7, 11) is 0. The fraction of sp³-hybridized carbons (Fsp3) is 0.536. The summed E-state index contributed by atoms with van der Waals surface area (Å²) in [6.07, 6.45) is 7.75. The molecule has 30 heavy (non-hydrogen) atoms. The van der Waals surface area contributed by atoms with Crippen LogP contribution in [0.25, 0.3) is 11.1 Å². The van der Waals surface area contributed by atoms with E-state index in [1.807, 2.05) is 12.1 Å². The molecule has 0 spiro atoms. The molecule has 2 N–H and O–H groups in total.